The fraction of sp³-hybridized carbons (Fsp3) is 0.433. The molecule has 0 bridgehead atoms. The van der Waals surface area contributed by atoms with Crippen molar-refractivity contribution in [1.82, 2.24) is 5.01 Å². The minimum Gasteiger partial charge on any atom is -0.480 e. The second-order valence-corrected chi connectivity index (χ2v) is 13.7. The number of carbonyl (C=O) groups excluding carboxylic acids is 3. The molecule has 11 nitrogen and oxygen atoms in total. The smallest absolute Gasteiger partial charge is 0.345 e. The van der Waals surface area contributed by atoms with Gasteiger partial charge in [-0.1, -0.05) is 64.3 Å². The number of hydrazone groups is 1. The lowest BCUT2D eigenvalue weighted by atomic mass is 9.83. The Hall–Kier alpha value is -4.06. The van der Waals surface area contributed by atoms with Gasteiger partial charge in [-0.15, -0.1) is 0 Å². The van der Waals surface area contributed by atoms with Crippen molar-refractivity contribution in [2.24, 2.45) is 16.4 Å². The number of para-hydroxylation sites is 1. The van der Waals surface area contributed by atoms with Crippen LogP contribution < -0.4 is 10.2 Å². The van der Waals surface area contributed by atoms with Crippen LogP contribution >= 0.6 is 0 Å². The molecule has 0 unspecified atom stereocenters. The summed E-state index contributed by atoms with van der Waals surface area (Å²) in [5.41, 5.74) is 1.41. The maximum Gasteiger partial charge on any atom is 0.345 e. The molecule has 0 aromatic heterocycles. The highest BCUT2D eigenvalue weighted by molar-refractivity contribution is 7.92. The first-order chi connectivity index (χ1) is 19.8. The van der Waals surface area contributed by atoms with Gasteiger partial charge in [-0.25, -0.2) is 18.2 Å². The number of carbonyl (C=O) groups is 4. The zero-order valence-electron chi connectivity index (χ0n) is 24.0. The van der Waals surface area contributed by atoms with Crippen LogP contribution in [-0.4, -0.2) is 66.8 Å². The van der Waals surface area contributed by atoms with Crippen LogP contribution in [0.1, 0.15) is 58.4 Å². The number of anilines is 2. The number of carboxylic acid groups (broad SMARTS) is 1. The van der Waals surface area contributed by atoms with Crippen molar-refractivity contribution in [3.8, 4) is 0 Å². The number of urea groups is 1. The van der Waals surface area contributed by atoms with Gasteiger partial charge in [-0.3, -0.25) is 19.3 Å². The number of rotatable bonds is 9. The molecule has 1 saturated carbocycles. The molecular formula is C30H36N4O7S. The minimum atomic E-state index is -4.12. The van der Waals surface area contributed by atoms with Crippen molar-refractivity contribution in [1.29, 1.82) is 0 Å². The standard InChI is InChI=1S/C30H36N4O7S/c1-30(2,3)25(35)17-33-24-15-8-7-14-23(24)28(20-10-5-4-6-11-20)32-34(29(33)39)18-26(36)31-21-12-9-13-22(16-21)42(40,41)19-27(37)38/h7-9,12-16,20H,4-6,10-11,17-19H2,1-3H3,(H,31,36)(H,37,38). The Morgan fingerprint density at radius 1 is 1.00 bits per heavy atom. The van der Waals surface area contributed by atoms with Gasteiger partial charge in [0.1, 0.15) is 6.54 Å². The van der Waals surface area contributed by atoms with Crippen LogP contribution in [0.4, 0.5) is 16.2 Å². The van der Waals surface area contributed by atoms with Crippen LogP contribution in [0.15, 0.2) is 58.5 Å². The van der Waals surface area contributed by atoms with E-state index < -0.39 is 45.5 Å². The predicted octanol–water partition coefficient (Wildman–Crippen LogP) is 4.33. The van der Waals surface area contributed by atoms with Crippen LogP contribution in [0.2, 0.25) is 0 Å². The summed E-state index contributed by atoms with van der Waals surface area (Å²) in [4.78, 5) is 52.4. The molecule has 1 fully saturated rings. The van der Waals surface area contributed by atoms with Gasteiger partial charge in [0.15, 0.2) is 21.4 Å². The molecular weight excluding hydrogens is 560 g/mol. The topological polar surface area (TPSA) is 154 Å². The molecule has 0 radical (unpaired) electrons. The second-order valence-electron chi connectivity index (χ2n) is 11.7. The van der Waals surface area contributed by atoms with Gasteiger partial charge in [0.2, 0.25) is 5.91 Å². The minimum absolute atomic E-state index is 0.0765. The molecule has 2 aliphatic rings. The molecule has 224 valence electrons. The first-order valence-corrected chi connectivity index (χ1v) is 15.6. The van der Waals surface area contributed by atoms with Gasteiger partial charge in [-0.05, 0) is 37.1 Å². The van der Waals surface area contributed by atoms with Crippen molar-refractivity contribution in [2.75, 3.05) is 29.1 Å². The molecule has 0 saturated heterocycles. The van der Waals surface area contributed by atoms with Crippen molar-refractivity contribution in [2.45, 2.75) is 57.8 Å². The lowest BCUT2D eigenvalue weighted by Gasteiger charge is -2.28. The molecule has 42 heavy (non-hydrogen) atoms. The number of Topliss-reactive ketones (excluding diaryl/α,β-unsaturated/α-hetero) is 1. The second kappa shape index (κ2) is 12.4. The number of benzene rings is 2. The number of amides is 3. The number of ketones is 1. The van der Waals surface area contributed by atoms with Crippen molar-refractivity contribution in [3.05, 3.63) is 54.1 Å². The third-order valence-electron chi connectivity index (χ3n) is 7.36. The van der Waals surface area contributed by atoms with Crippen molar-refractivity contribution < 1.29 is 32.7 Å². The first kappa shape index (κ1) is 30.9. The number of nitrogens with one attached hydrogen (secondary N) is 1. The van der Waals surface area contributed by atoms with E-state index in [2.05, 4.69) is 5.32 Å². The van der Waals surface area contributed by atoms with Gasteiger partial charge in [0.05, 0.1) is 22.8 Å². The van der Waals surface area contributed by atoms with Crippen molar-refractivity contribution >= 4 is 50.6 Å². The zero-order valence-corrected chi connectivity index (χ0v) is 24.8. The van der Waals surface area contributed by atoms with Crippen LogP contribution in [-0.2, 0) is 24.2 Å². The molecule has 1 heterocycles. The number of carboxylic acids is 1. The summed E-state index contributed by atoms with van der Waals surface area (Å²) in [7, 11) is -4.12. The first-order valence-electron chi connectivity index (χ1n) is 13.9. The van der Waals surface area contributed by atoms with E-state index in [1.807, 2.05) is 12.1 Å². The number of aliphatic carboxylic acids is 1. The summed E-state index contributed by atoms with van der Waals surface area (Å²) in [6.07, 6.45) is 4.94. The summed E-state index contributed by atoms with van der Waals surface area (Å²) < 4.78 is 24.7. The largest absolute Gasteiger partial charge is 0.480 e. The Bertz CT molecular complexity index is 1520. The third kappa shape index (κ3) is 7.22. The SMILES string of the molecule is CC(C)(C)C(=O)CN1C(=O)N(CC(=O)Nc2cccc(S(=O)(=O)CC(=O)O)c2)N=C(C2CCCCC2)c2ccccc21. The van der Waals surface area contributed by atoms with E-state index in [0.717, 1.165) is 42.7 Å². The molecule has 0 atom stereocenters. The number of hydrogen-bond acceptors (Lipinski definition) is 7. The Morgan fingerprint density at radius 3 is 2.36 bits per heavy atom. The highest BCUT2D eigenvalue weighted by Gasteiger charge is 2.36. The van der Waals surface area contributed by atoms with Gasteiger partial charge in [0.25, 0.3) is 0 Å². The van der Waals surface area contributed by atoms with E-state index in [9.17, 15) is 27.6 Å². The van der Waals surface area contributed by atoms with Crippen LogP contribution in [0, 0.1) is 11.3 Å². The average Bonchev–Trinajstić information content (AvgIpc) is 3.03. The number of sulfone groups is 1. The summed E-state index contributed by atoms with van der Waals surface area (Å²) in [5.74, 6) is -3.31. The van der Waals surface area contributed by atoms with E-state index in [1.165, 1.54) is 29.2 Å². The van der Waals surface area contributed by atoms with Crippen LogP contribution in [0.5, 0.6) is 0 Å². The maximum absolute atomic E-state index is 14.0. The summed E-state index contributed by atoms with van der Waals surface area (Å²) in [5, 5.41) is 17.3. The lowest BCUT2D eigenvalue weighted by molar-refractivity contribution is -0.134. The predicted molar refractivity (Wildman–Crippen MR) is 158 cm³/mol. The zero-order chi connectivity index (χ0) is 30.7. The summed E-state index contributed by atoms with van der Waals surface area (Å²) in [6.45, 7) is 4.65. The Balaban J connectivity index is 1.67. The fourth-order valence-corrected chi connectivity index (χ4v) is 6.14. The van der Waals surface area contributed by atoms with E-state index in [1.54, 1.807) is 32.9 Å². The highest BCUT2D eigenvalue weighted by Crippen LogP contribution is 2.34. The summed E-state index contributed by atoms with van der Waals surface area (Å²) in [6, 6.07) is 12.0. The van der Waals surface area contributed by atoms with E-state index in [-0.39, 0.29) is 28.8 Å². The number of nitrogens with zero attached hydrogens (tertiary/aromatic N) is 3. The van der Waals surface area contributed by atoms with Crippen molar-refractivity contribution in [3.63, 3.8) is 0 Å². The Morgan fingerprint density at radius 2 is 1.69 bits per heavy atom. The van der Waals surface area contributed by atoms with E-state index >= 15 is 0 Å². The quantitative estimate of drug-likeness (QED) is 0.437. The normalized spacial score (nSPS) is 16.4. The highest BCUT2D eigenvalue weighted by atomic mass is 32.2. The molecule has 2 aromatic rings. The fourth-order valence-electron chi connectivity index (χ4n) is 5.06. The lowest BCUT2D eigenvalue weighted by Crippen LogP contribution is -2.47. The Labute approximate surface area is 245 Å². The summed E-state index contributed by atoms with van der Waals surface area (Å²) >= 11 is 0. The molecule has 0 spiro atoms. The van der Waals surface area contributed by atoms with Gasteiger partial charge in [-0.2, -0.15) is 5.10 Å². The van der Waals surface area contributed by atoms with Gasteiger partial charge in [0, 0.05) is 22.6 Å². The molecule has 2 N–H and O–H groups in total. The molecule has 1 aliphatic carbocycles. The molecule has 4 rings (SSSR count). The van der Waals surface area contributed by atoms with E-state index in [0.29, 0.717) is 11.4 Å². The average molecular weight is 597 g/mol. The third-order valence-corrected chi connectivity index (χ3v) is 8.96. The van der Waals surface area contributed by atoms with Gasteiger partial charge >= 0.3 is 12.0 Å². The Kier molecular flexibility index (Phi) is 9.15. The van der Waals surface area contributed by atoms with Gasteiger partial charge < -0.3 is 10.4 Å². The number of fused-ring (bicyclic) bond motifs is 1. The van der Waals surface area contributed by atoms with Crippen LogP contribution in [0.3, 0.4) is 0 Å². The molecule has 2 aromatic carbocycles. The molecule has 1 aliphatic heterocycles. The number of hydrogen-bond donors (Lipinski definition) is 2. The maximum atomic E-state index is 14.0. The monoisotopic (exact) mass is 596 g/mol. The molecule has 3 amide bonds. The van der Waals surface area contributed by atoms with Crippen LogP contribution in [0.25, 0.3) is 0 Å². The molecule has 12 heteroatoms. The van der Waals surface area contributed by atoms with E-state index in [4.69, 9.17) is 10.2 Å².